The Morgan fingerprint density at radius 1 is 1.28 bits per heavy atom. The Morgan fingerprint density at radius 3 is 2.61 bits per heavy atom. The van der Waals surface area contributed by atoms with Crippen LogP contribution in [0.5, 0.6) is 5.75 Å². The van der Waals surface area contributed by atoms with Crippen LogP contribution in [0.4, 0.5) is 0 Å². The maximum absolute atomic E-state index is 5.56. The van der Waals surface area contributed by atoms with Gasteiger partial charge < -0.3 is 10.5 Å². The van der Waals surface area contributed by atoms with E-state index in [1.807, 2.05) is 12.1 Å². The molecule has 96 valence electrons. The Kier molecular flexibility index (Phi) is 4.33. The van der Waals surface area contributed by atoms with Crippen molar-refractivity contribution >= 4 is 11.3 Å². The fraction of sp³-hybridized carbons (Fsp3) is 0.357. The van der Waals surface area contributed by atoms with Gasteiger partial charge in [0.2, 0.25) is 0 Å². The molecule has 2 rings (SSSR count). The molecule has 0 atom stereocenters. The molecular weight excluding hydrogens is 244 g/mol. The quantitative estimate of drug-likeness (QED) is 0.901. The van der Waals surface area contributed by atoms with Gasteiger partial charge in [-0.2, -0.15) is 0 Å². The molecule has 0 saturated heterocycles. The van der Waals surface area contributed by atoms with Crippen LogP contribution in [0.2, 0.25) is 0 Å². The molecule has 0 aliphatic rings. The summed E-state index contributed by atoms with van der Waals surface area (Å²) >= 11 is 1.77. The highest BCUT2D eigenvalue weighted by Crippen LogP contribution is 2.22. The SMILES string of the molecule is COc1ccc(Cc2sc(CCN)nc2C)cc1. The van der Waals surface area contributed by atoms with E-state index in [0.29, 0.717) is 6.54 Å². The van der Waals surface area contributed by atoms with Crippen LogP contribution in [0.1, 0.15) is 21.1 Å². The van der Waals surface area contributed by atoms with E-state index in [9.17, 15) is 0 Å². The zero-order valence-corrected chi connectivity index (χ0v) is 11.6. The molecule has 0 spiro atoms. The van der Waals surface area contributed by atoms with Crippen molar-refractivity contribution in [1.29, 1.82) is 0 Å². The molecular formula is C14H18N2OS. The minimum absolute atomic E-state index is 0.662. The van der Waals surface area contributed by atoms with E-state index in [1.165, 1.54) is 10.4 Å². The Labute approximate surface area is 112 Å². The molecule has 0 saturated carbocycles. The summed E-state index contributed by atoms with van der Waals surface area (Å²) in [6.07, 6.45) is 1.80. The molecule has 4 heteroatoms. The summed E-state index contributed by atoms with van der Waals surface area (Å²) in [6.45, 7) is 2.73. The van der Waals surface area contributed by atoms with Gasteiger partial charge in [-0.25, -0.2) is 4.98 Å². The standard InChI is InChI=1S/C14H18N2OS/c1-10-13(18-14(16-10)7-8-15)9-11-3-5-12(17-2)6-4-11/h3-6H,7-9,15H2,1-2H3. The number of methoxy groups -OCH3 is 1. The van der Waals surface area contributed by atoms with Gasteiger partial charge in [0.15, 0.2) is 0 Å². The number of nitrogens with two attached hydrogens (primary N) is 1. The molecule has 2 N–H and O–H groups in total. The molecule has 0 bridgehead atoms. The Morgan fingerprint density at radius 2 is 2.00 bits per heavy atom. The summed E-state index contributed by atoms with van der Waals surface area (Å²) in [7, 11) is 1.68. The first-order valence-corrected chi connectivity index (χ1v) is 6.82. The minimum atomic E-state index is 0.662. The predicted octanol–water partition coefficient (Wildman–Crippen LogP) is 2.55. The number of ether oxygens (including phenoxy) is 1. The van der Waals surface area contributed by atoms with Crippen LogP contribution in [0.15, 0.2) is 24.3 Å². The lowest BCUT2D eigenvalue weighted by Gasteiger charge is -2.02. The summed E-state index contributed by atoms with van der Waals surface area (Å²) < 4.78 is 5.16. The average Bonchev–Trinajstić information content (AvgIpc) is 2.71. The first-order valence-electron chi connectivity index (χ1n) is 6.01. The van der Waals surface area contributed by atoms with Gasteiger partial charge in [-0.15, -0.1) is 11.3 Å². The zero-order chi connectivity index (χ0) is 13.0. The van der Waals surface area contributed by atoms with Crippen LogP contribution >= 0.6 is 11.3 Å². The van der Waals surface area contributed by atoms with Crippen molar-refractivity contribution in [2.75, 3.05) is 13.7 Å². The molecule has 0 unspecified atom stereocenters. The number of hydrogen-bond donors (Lipinski definition) is 1. The van der Waals surface area contributed by atoms with Crippen LogP contribution in [-0.2, 0) is 12.8 Å². The van der Waals surface area contributed by atoms with Gasteiger partial charge in [-0.1, -0.05) is 12.1 Å². The number of aryl methyl sites for hydroxylation is 1. The van der Waals surface area contributed by atoms with Gasteiger partial charge in [0.05, 0.1) is 17.8 Å². The van der Waals surface area contributed by atoms with Crippen LogP contribution in [-0.4, -0.2) is 18.6 Å². The fourth-order valence-electron chi connectivity index (χ4n) is 1.81. The molecule has 18 heavy (non-hydrogen) atoms. The Hall–Kier alpha value is -1.39. The van der Waals surface area contributed by atoms with Crippen molar-refractivity contribution in [2.45, 2.75) is 19.8 Å². The lowest BCUT2D eigenvalue weighted by molar-refractivity contribution is 0.414. The van der Waals surface area contributed by atoms with E-state index in [1.54, 1.807) is 18.4 Å². The van der Waals surface area contributed by atoms with E-state index >= 15 is 0 Å². The monoisotopic (exact) mass is 262 g/mol. The minimum Gasteiger partial charge on any atom is -0.497 e. The van der Waals surface area contributed by atoms with Crippen molar-refractivity contribution in [2.24, 2.45) is 5.73 Å². The first kappa shape index (κ1) is 13.1. The molecule has 1 aromatic carbocycles. The van der Waals surface area contributed by atoms with Gasteiger partial charge in [0, 0.05) is 17.7 Å². The van der Waals surface area contributed by atoms with Gasteiger partial charge in [0.25, 0.3) is 0 Å². The zero-order valence-electron chi connectivity index (χ0n) is 10.8. The molecule has 2 aromatic rings. The second kappa shape index (κ2) is 5.98. The molecule has 0 amide bonds. The summed E-state index contributed by atoms with van der Waals surface area (Å²) in [6, 6.07) is 8.18. The van der Waals surface area contributed by atoms with E-state index in [0.717, 1.165) is 29.3 Å². The highest BCUT2D eigenvalue weighted by atomic mass is 32.1. The third kappa shape index (κ3) is 3.09. The highest BCUT2D eigenvalue weighted by Gasteiger charge is 2.07. The Balaban J connectivity index is 2.12. The van der Waals surface area contributed by atoms with Crippen molar-refractivity contribution < 1.29 is 4.74 Å². The highest BCUT2D eigenvalue weighted by molar-refractivity contribution is 7.11. The fourth-order valence-corrected chi connectivity index (χ4v) is 2.93. The van der Waals surface area contributed by atoms with Crippen molar-refractivity contribution in [3.8, 4) is 5.75 Å². The smallest absolute Gasteiger partial charge is 0.118 e. The van der Waals surface area contributed by atoms with Gasteiger partial charge >= 0.3 is 0 Å². The number of aromatic nitrogens is 1. The van der Waals surface area contributed by atoms with E-state index in [-0.39, 0.29) is 0 Å². The molecule has 0 aliphatic carbocycles. The molecule has 0 fully saturated rings. The number of nitrogens with zero attached hydrogens (tertiary/aromatic N) is 1. The van der Waals surface area contributed by atoms with Crippen LogP contribution in [0, 0.1) is 6.92 Å². The molecule has 0 radical (unpaired) electrons. The number of hydrogen-bond acceptors (Lipinski definition) is 4. The summed E-state index contributed by atoms with van der Waals surface area (Å²) in [5.74, 6) is 0.892. The van der Waals surface area contributed by atoms with Gasteiger partial charge in [0.1, 0.15) is 5.75 Å². The topological polar surface area (TPSA) is 48.1 Å². The number of benzene rings is 1. The second-order valence-corrected chi connectivity index (χ2v) is 5.35. The van der Waals surface area contributed by atoms with E-state index < -0.39 is 0 Å². The van der Waals surface area contributed by atoms with Crippen molar-refractivity contribution in [3.63, 3.8) is 0 Å². The third-order valence-corrected chi connectivity index (χ3v) is 4.04. The summed E-state index contributed by atoms with van der Waals surface area (Å²) in [5.41, 5.74) is 7.96. The molecule has 1 heterocycles. The van der Waals surface area contributed by atoms with Gasteiger partial charge in [-0.3, -0.25) is 0 Å². The van der Waals surface area contributed by atoms with E-state index in [4.69, 9.17) is 10.5 Å². The number of rotatable bonds is 5. The third-order valence-electron chi connectivity index (χ3n) is 2.82. The summed E-state index contributed by atoms with van der Waals surface area (Å²) in [4.78, 5) is 5.87. The molecule has 3 nitrogen and oxygen atoms in total. The predicted molar refractivity (Wildman–Crippen MR) is 75.4 cm³/mol. The van der Waals surface area contributed by atoms with Crippen LogP contribution in [0.3, 0.4) is 0 Å². The normalized spacial score (nSPS) is 10.6. The largest absolute Gasteiger partial charge is 0.497 e. The van der Waals surface area contributed by atoms with Crippen molar-refractivity contribution in [1.82, 2.24) is 4.98 Å². The maximum atomic E-state index is 5.56. The van der Waals surface area contributed by atoms with Crippen LogP contribution in [0.25, 0.3) is 0 Å². The lowest BCUT2D eigenvalue weighted by Crippen LogP contribution is -2.01. The van der Waals surface area contributed by atoms with E-state index in [2.05, 4.69) is 24.0 Å². The van der Waals surface area contributed by atoms with Gasteiger partial charge in [-0.05, 0) is 31.2 Å². The second-order valence-electron chi connectivity index (χ2n) is 4.18. The average molecular weight is 262 g/mol. The first-order chi connectivity index (χ1) is 8.72. The summed E-state index contributed by atoms with van der Waals surface area (Å²) in [5, 5.41) is 1.14. The molecule has 0 aliphatic heterocycles. The Bertz CT molecular complexity index is 505. The number of thiazole rings is 1. The lowest BCUT2D eigenvalue weighted by atomic mass is 10.1. The maximum Gasteiger partial charge on any atom is 0.118 e. The molecule has 1 aromatic heterocycles. The van der Waals surface area contributed by atoms with Crippen LogP contribution < -0.4 is 10.5 Å². The van der Waals surface area contributed by atoms with Crippen molar-refractivity contribution in [3.05, 3.63) is 45.4 Å².